The van der Waals surface area contributed by atoms with Crippen molar-refractivity contribution in [2.24, 2.45) is 0 Å². The van der Waals surface area contributed by atoms with Gasteiger partial charge in [0.1, 0.15) is 11.0 Å². The van der Waals surface area contributed by atoms with Gasteiger partial charge in [0.15, 0.2) is 11.5 Å². The van der Waals surface area contributed by atoms with Crippen molar-refractivity contribution in [2.45, 2.75) is 45.1 Å². The van der Waals surface area contributed by atoms with Crippen LogP contribution in [0.3, 0.4) is 0 Å². The smallest absolute Gasteiger partial charge is 0.249 e. The molecule has 0 saturated carbocycles. The van der Waals surface area contributed by atoms with E-state index in [4.69, 9.17) is 9.47 Å². The fourth-order valence-electron chi connectivity index (χ4n) is 3.42. The second kappa shape index (κ2) is 8.14. The molecule has 4 rings (SSSR count). The standard InChI is InChI=1S/C19H22N4O4S/c1-2-3-6-16(24)23-9-4-5-13(23)17(25)20-19-22-21-18(28-19)12-7-8-14-15(10-12)27-11-26-14/h7-8,10,13H,2-6,9,11H2,1H3,(H,20,22,25). The summed E-state index contributed by atoms with van der Waals surface area (Å²) in [5.74, 6) is 1.23. The number of carbonyl (C=O) groups is 2. The van der Waals surface area contributed by atoms with Crippen molar-refractivity contribution in [3.05, 3.63) is 18.2 Å². The van der Waals surface area contributed by atoms with E-state index in [0.717, 1.165) is 24.8 Å². The highest BCUT2D eigenvalue weighted by atomic mass is 32.1. The number of benzene rings is 1. The normalized spacial score (nSPS) is 17.8. The zero-order chi connectivity index (χ0) is 19.5. The number of hydrogen-bond acceptors (Lipinski definition) is 7. The minimum absolute atomic E-state index is 0.0535. The number of likely N-dealkylation sites (tertiary alicyclic amines) is 1. The Hall–Kier alpha value is -2.68. The summed E-state index contributed by atoms with van der Waals surface area (Å²) in [5, 5.41) is 12.2. The van der Waals surface area contributed by atoms with Crippen LogP contribution in [0.15, 0.2) is 18.2 Å². The summed E-state index contributed by atoms with van der Waals surface area (Å²) in [7, 11) is 0. The molecule has 0 bridgehead atoms. The van der Waals surface area contributed by atoms with Crippen molar-refractivity contribution in [1.82, 2.24) is 15.1 Å². The molecule has 9 heteroatoms. The van der Waals surface area contributed by atoms with Gasteiger partial charge in [-0.3, -0.25) is 14.9 Å². The van der Waals surface area contributed by atoms with Gasteiger partial charge in [-0.05, 0) is 37.5 Å². The Labute approximate surface area is 166 Å². The minimum atomic E-state index is -0.428. The molecule has 2 aromatic rings. The number of nitrogens with one attached hydrogen (secondary N) is 1. The zero-order valence-electron chi connectivity index (χ0n) is 15.6. The number of anilines is 1. The van der Waals surface area contributed by atoms with E-state index < -0.39 is 6.04 Å². The van der Waals surface area contributed by atoms with Gasteiger partial charge in [-0.25, -0.2) is 0 Å². The molecular formula is C19H22N4O4S. The second-order valence-corrected chi connectivity index (χ2v) is 7.80. The number of rotatable bonds is 6. The van der Waals surface area contributed by atoms with Crippen LogP contribution >= 0.6 is 11.3 Å². The maximum atomic E-state index is 12.7. The van der Waals surface area contributed by atoms with E-state index in [-0.39, 0.29) is 18.6 Å². The summed E-state index contributed by atoms with van der Waals surface area (Å²) in [6.07, 6.45) is 3.82. The maximum absolute atomic E-state index is 12.7. The number of carbonyl (C=O) groups excluding carboxylic acids is 2. The Morgan fingerprint density at radius 3 is 3.00 bits per heavy atom. The summed E-state index contributed by atoms with van der Waals surface area (Å²) in [6, 6.07) is 5.13. The van der Waals surface area contributed by atoms with E-state index in [9.17, 15) is 9.59 Å². The first-order valence-corrected chi connectivity index (χ1v) is 10.3. The summed E-state index contributed by atoms with van der Waals surface area (Å²) in [5.41, 5.74) is 0.847. The van der Waals surface area contributed by atoms with Gasteiger partial charge in [-0.2, -0.15) is 0 Å². The Morgan fingerprint density at radius 1 is 1.29 bits per heavy atom. The van der Waals surface area contributed by atoms with Crippen LogP contribution in [0.25, 0.3) is 10.6 Å². The molecule has 8 nitrogen and oxygen atoms in total. The number of unbranched alkanes of at least 4 members (excludes halogenated alkanes) is 1. The van der Waals surface area contributed by atoms with Crippen LogP contribution in [-0.4, -0.2) is 46.3 Å². The average Bonchev–Trinajstić information content (AvgIpc) is 3.45. The highest BCUT2D eigenvalue weighted by Crippen LogP contribution is 2.37. The predicted molar refractivity (Wildman–Crippen MR) is 104 cm³/mol. The molecular weight excluding hydrogens is 380 g/mol. The number of aromatic nitrogens is 2. The fraction of sp³-hybridized carbons (Fsp3) is 0.474. The molecule has 1 aromatic carbocycles. The van der Waals surface area contributed by atoms with E-state index in [1.165, 1.54) is 11.3 Å². The lowest BCUT2D eigenvalue weighted by Gasteiger charge is -2.23. The number of ether oxygens (including phenoxy) is 2. The number of nitrogens with zero attached hydrogens (tertiary/aromatic N) is 3. The molecule has 0 radical (unpaired) electrons. The van der Waals surface area contributed by atoms with Gasteiger partial charge in [0.2, 0.25) is 23.7 Å². The minimum Gasteiger partial charge on any atom is -0.454 e. The monoisotopic (exact) mass is 402 g/mol. The van der Waals surface area contributed by atoms with Gasteiger partial charge < -0.3 is 14.4 Å². The van der Waals surface area contributed by atoms with Gasteiger partial charge in [0.25, 0.3) is 0 Å². The Bertz CT molecular complexity index is 885. The highest BCUT2D eigenvalue weighted by Gasteiger charge is 2.34. The van der Waals surface area contributed by atoms with Crippen LogP contribution in [0.2, 0.25) is 0 Å². The molecule has 1 aromatic heterocycles. The predicted octanol–water partition coefficient (Wildman–Crippen LogP) is 3.05. The topological polar surface area (TPSA) is 93.7 Å². The van der Waals surface area contributed by atoms with Crippen LogP contribution in [0.1, 0.15) is 39.0 Å². The molecule has 0 spiro atoms. The molecule has 1 unspecified atom stereocenters. The third-order valence-corrected chi connectivity index (χ3v) is 5.78. The first-order valence-electron chi connectivity index (χ1n) is 9.49. The Kier molecular flexibility index (Phi) is 5.43. The largest absolute Gasteiger partial charge is 0.454 e. The van der Waals surface area contributed by atoms with E-state index in [1.54, 1.807) is 4.90 Å². The van der Waals surface area contributed by atoms with Gasteiger partial charge in [0.05, 0.1) is 0 Å². The van der Waals surface area contributed by atoms with Gasteiger partial charge in [-0.15, -0.1) is 10.2 Å². The van der Waals surface area contributed by atoms with Crippen LogP contribution < -0.4 is 14.8 Å². The van der Waals surface area contributed by atoms with Crippen LogP contribution in [0.4, 0.5) is 5.13 Å². The lowest BCUT2D eigenvalue weighted by atomic mass is 10.2. The third kappa shape index (κ3) is 3.80. The molecule has 1 saturated heterocycles. The van der Waals surface area contributed by atoms with E-state index >= 15 is 0 Å². The summed E-state index contributed by atoms with van der Waals surface area (Å²) in [6.45, 7) is 2.90. The molecule has 2 aliphatic rings. The summed E-state index contributed by atoms with van der Waals surface area (Å²) >= 11 is 1.29. The molecule has 1 atom stereocenters. The third-order valence-electron chi connectivity index (χ3n) is 4.89. The number of amides is 2. The van der Waals surface area contributed by atoms with Crippen LogP contribution in [0, 0.1) is 0 Å². The number of hydrogen-bond donors (Lipinski definition) is 1. The SMILES string of the molecule is CCCCC(=O)N1CCCC1C(=O)Nc1nnc(-c2ccc3c(c2)OCO3)s1. The highest BCUT2D eigenvalue weighted by molar-refractivity contribution is 7.18. The van der Waals surface area contributed by atoms with Gasteiger partial charge in [-0.1, -0.05) is 24.7 Å². The summed E-state index contributed by atoms with van der Waals surface area (Å²) in [4.78, 5) is 26.8. The molecule has 2 amide bonds. The molecule has 28 heavy (non-hydrogen) atoms. The maximum Gasteiger partial charge on any atom is 0.249 e. The lowest BCUT2D eigenvalue weighted by Crippen LogP contribution is -2.43. The second-order valence-electron chi connectivity index (χ2n) is 6.82. The van der Waals surface area contributed by atoms with E-state index in [0.29, 0.717) is 41.0 Å². The Morgan fingerprint density at radius 2 is 2.14 bits per heavy atom. The molecule has 2 aliphatic heterocycles. The van der Waals surface area contributed by atoms with Crippen molar-refractivity contribution in [1.29, 1.82) is 0 Å². The van der Waals surface area contributed by atoms with E-state index in [2.05, 4.69) is 22.4 Å². The van der Waals surface area contributed by atoms with Crippen molar-refractivity contribution in [2.75, 3.05) is 18.7 Å². The molecule has 148 valence electrons. The zero-order valence-corrected chi connectivity index (χ0v) is 16.5. The average molecular weight is 402 g/mol. The Balaban J connectivity index is 1.42. The van der Waals surface area contributed by atoms with Crippen molar-refractivity contribution in [3.8, 4) is 22.1 Å². The quantitative estimate of drug-likeness (QED) is 0.798. The van der Waals surface area contributed by atoms with Crippen LogP contribution in [0.5, 0.6) is 11.5 Å². The summed E-state index contributed by atoms with van der Waals surface area (Å²) < 4.78 is 10.7. The lowest BCUT2D eigenvalue weighted by molar-refractivity contribution is -0.136. The van der Waals surface area contributed by atoms with Crippen molar-refractivity contribution >= 4 is 28.3 Å². The fourth-order valence-corrected chi connectivity index (χ4v) is 4.16. The molecule has 1 N–H and O–H groups in total. The molecule has 0 aliphatic carbocycles. The first-order chi connectivity index (χ1) is 13.7. The molecule has 1 fully saturated rings. The van der Waals surface area contributed by atoms with E-state index in [1.807, 2.05) is 18.2 Å². The van der Waals surface area contributed by atoms with Gasteiger partial charge >= 0.3 is 0 Å². The molecule has 3 heterocycles. The number of fused-ring (bicyclic) bond motifs is 1. The van der Waals surface area contributed by atoms with Crippen molar-refractivity contribution in [3.63, 3.8) is 0 Å². The van der Waals surface area contributed by atoms with Crippen LogP contribution in [-0.2, 0) is 9.59 Å². The first kappa shape index (κ1) is 18.7. The van der Waals surface area contributed by atoms with Gasteiger partial charge in [0, 0.05) is 18.5 Å². The van der Waals surface area contributed by atoms with Crippen molar-refractivity contribution < 1.29 is 19.1 Å².